The summed E-state index contributed by atoms with van der Waals surface area (Å²) >= 11 is 5.24. The zero-order valence-electron chi connectivity index (χ0n) is 25.8. The molecule has 0 aliphatic heterocycles. The Morgan fingerprint density at radius 3 is 1.29 bits per heavy atom. The Balaban J connectivity index is 1.16. The smallest absolute Gasteiger partial charge is 0.125 e. The lowest BCUT2D eigenvalue weighted by atomic mass is 9.88. The highest BCUT2D eigenvalue weighted by Crippen LogP contribution is 2.45. The van der Waals surface area contributed by atoms with Crippen LogP contribution in [0.15, 0.2) is 140 Å². The molecule has 0 aliphatic carbocycles. The van der Waals surface area contributed by atoms with Crippen LogP contribution in [0.3, 0.4) is 0 Å². The Morgan fingerprint density at radius 2 is 0.755 bits per heavy atom. The maximum absolute atomic E-state index is 5.07. The first kappa shape index (κ1) is 27.4. The summed E-state index contributed by atoms with van der Waals surface area (Å²) in [5.41, 5.74) is 8.88. The van der Waals surface area contributed by atoms with Crippen molar-refractivity contribution in [3.05, 3.63) is 140 Å². The third kappa shape index (κ3) is 4.28. The summed E-state index contributed by atoms with van der Waals surface area (Å²) in [4.78, 5) is 15.2. The van der Waals surface area contributed by atoms with E-state index in [1.54, 1.807) is 34.0 Å². The van der Waals surface area contributed by atoms with E-state index >= 15 is 0 Å². The molecule has 0 fully saturated rings. The molecule has 3 aromatic heterocycles. The van der Waals surface area contributed by atoms with Gasteiger partial charge in [-0.25, -0.2) is 15.0 Å². The number of nitrogens with zero attached hydrogens (tertiary/aromatic N) is 3. The molecule has 3 nitrogen and oxygen atoms in total. The molecule has 0 atom stereocenters. The minimum atomic E-state index is 1.02. The third-order valence-corrected chi connectivity index (χ3v) is 12.8. The lowest BCUT2D eigenvalue weighted by Crippen LogP contribution is -1.90. The van der Waals surface area contributed by atoms with Gasteiger partial charge < -0.3 is 0 Å². The van der Waals surface area contributed by atoms with Gasteiger partial charge in [0.1, 0.15) is 15.0 Å². The van der Waals surface area contributed by atoms with E-state index in [1.165, 1.54) is 57.5 Å². The summed E-state index contributed by atoms with van der Waals surface area (Å²) in [7, 11) is 0. The highest BCUT2D eigenvalue weighted by Gasteiger charge is 2.19. The summed E-state index contributed by atoms with van der Waals surface area (Å²) in [6.07, 6.45) is 0. The molecule has 0 amide bonds. The maximum atomic E-state index is 5.07. The first-order chi connectivity index (χ1) is 24.2. The van der Waals surface area contributed by atoms with Crippen LogP contribution >= 0.6 is 34.0 Å². The van der Waals surface area contributed by atoms with Crippen LogP contribution in [0.4, 0.5) is 0 Å². The van der Waals surface area contributed by atoms with Crippen LogP contribution in [0, 0.1) is 0 Å². The molecule has 8 aromatic carbocycles. The standard InChI is InChI=1S/C43H23N3S3/c1-4-10-36-33(7-1)44-41(47-36)27-21-26(22-28(23-27)42-45-34-8-2-5-11-37(34)48-42)29-17-13-24-15-19-31-32(43-46-35-9-3-6-12-38(35)49-43)20-16-25-14-18-30(29)39(24)40(25)31/h1-23H. The van der Waals surface area contributed by atoms with E-state index in [-0.39, 0.29) is 0 Å². The summed E-state index contributed by atoms with van der Waals surface area (Å²) in [5.74, 6) is 0. The Morgan fingerprint density at radius 1 is 0.347 bits per heavy atom. The average molecular weight is 678 g/mol. The van der Waals surface area contributed by atoms with E-state index in [9.17, 15) is 0 Å². The fraction of sp³-hybridized carbons (Fsp3) is 0. The molecule has 3 heterocycles. The molecule has 0 saturated heterocycles. The Kier molecular flexibility index (Phi) is 5.87. The highest BCUT2D eigenvalue weighted by molar-refractivity contribution is 7.22. The summed E-state index contributed by atoms with van der Waals surface area (Å²) in [5, 5.41) is 10.7. The molecule has 0 unspecified atom stereocenters. The van der Waals surface area contributed by atoms with Crippen LogP contribution in [0.2, 0.25) is 0 Å². The molecular formula is C43H23N3S3. The third-order valence-electron chi connectivity index (χ3n) is 9.51. The van der Waals surface area contributed by atoms with Gasteiger partial charge in [-0.2, -0.15) is 0 Å². The zero-order valence-corrected chi connectivity index (χ0v) is 28.3. The van der Waals surface area contributed by atoms with Crippen LogP contribution in [0.25, 0.3) is 106 Å². The fourth-order valence-electron chi connectivity index (χ4n) is 7.25. The van der Waals surface area contributed by atoms with Gasteiger partial charge in [0.2, 0.25) is 0 Å². The second kappa shape index (κ2) is 10.5. The van der Waals surface area contributed by atoms with Crippen LogP contribution in [0.5, 0.6) is 0 Å². The van der Waals surface area contributed by atoms with E-state index in [1.807, 2.05) is 0 Å². The summed E-state index contributed by atoms with van der Waals surface area (Å²) in [6, 6.07) is 50.3. The van der Waals surface area contributed by atoms with Gasteiger partial charge in [-0.05, 0) is 98.0 Å². The van der Waals surface area contributed by atoms with Gasteiger partial charge >= 0.3 is 0 Å². The normalized spacial score (nSPS) is 12.1. The number of benzene rings is 8. The van der Waals surface area contributed by atoms with Crippen LogP contribution in [-0.4, -0.2) is 15.0 Å². The number of para-hydroxylation sites is 3. The Labute approximate surface area is 292 Å². The second-order valence-corrected chi connectivity index (χ2v) is 15.5. The molecule has 0 bridgehead atoms. The van der Waals surface area contributed by atoms with Crippen LogP contribution < -0.4 is 0 Å². The van der Waals surface area contributed by atoms with Gasteiger partial charge in [0.15, 0.2) is 0 Å². The molecule has 0 N–H and O–H groups in total. The van der Waals surface area contributed by atoms with Crippen molar-refractivity contribution < 1.29 is 0 Å². The number of aromatic nitrogens is 3. The van der Waals surface area contributed by atoms with E-state index in [0.717, 1.165) is 48.3 Å². The van der Waals surface area contributed by atoms with E-state index < -0.39 is 0 Å². The van der Waals surface area contributed by atoms with Crippen molar-refractivity contribution in [2.45, 2.75) is 0 Å². The fourth-order valence-corrected chi connectivity index (χ4v) is 10.2. The quantitative estimate of drug-likeness (QED) is 0.174. The minimum Gasteiger partial charge on any atom is -0.236 e. The molecule has 0 saturated carbocycles. The van der Waals surface area contributed by atoms with E-state index in [2.05, 4.69) is 140 Å². The first-order valence-electron chi connectivity index (χ1n) is 16.2. The zero-order chi connectivity index (χ0) is 32.1. The molecule has 0 spiro atoms. The van der Waals surface area contributed by atoms with Crippen molar-refractivity contribution in [3.63, 3.8) is 0 Å². The first-order valence-corrected chi connectivity index (χ1v) is 18.6. The number of thiazole rings is 3. The van der Waals surface area contributed by atoms with Crippen LogP contribution in [0.1, 0.15) is 0 Å². The molecule has 228 valence electrons. The Hall–Kier alpha value is -5.53. The molecule has 6 heteroatoms. The van der Waals surface area contributed by atoms with Crippen molar-refractivity contribution in [1.82, 2.24) is 15.0 Å². The lowest BCUT2D eigenvalue weighted by Gasteiger charge is -2.16. The molecular weight excluding hydrogens is 655 g/mol. The van der Waals surface area contributed by atoms with Crippen molar-refractivity contribution in [1.29, 1.82) is 0 Å². The van der Waals surface area contributed by atoms with E-state index in [0.29, 0.717) is 0 Å². The molecule has 0 radical (unpaired) electrons. The number of hydrogen-bond donors (Lipinski definition) is 0. The lowest BCUT2D eigenvalue weighted by molar-refractivity contribution is 1.45. The molecule has 0 aliphatic rings. The van der Waals surface area contributed by atoms with Crippen LogP contribution in [-0.2, 0) is 0 Å². The minimum absolute atomic E-state index is 1.02. The van der Waals surface area contributed by atoms with Gasteiger partial charge in [-0.1, -0.05) is 84.9 Å². The van der Waals surface area contributed by atoms with Gasteiger partial charge in [-0.3, -0.25) is 0 Å². The van der Waals surface area contributed by atoms with Crippen molar-refractivity contribution in [2.24, 2.45) is 0 Å². The highest BCUT2D eigenvalue weighted by atomic mass is 32.1. The van der Waals surface area contributed by atoms with Gasteiger partial charge in [0, 0.05) is 16.7 Å². The van der Waals surface area contributed by atoms with Crippen molar-refractivity contribution in [3.8, 4) is 42.8 Å². The predicted octanol–water partition coefficient (Wildman–Crippen LogP) is 13.1. The van der Waals surface area contributed by atoms with Gasteiger partial charge in [0.25, 0.3) is 0 Å². The maximum Gasteiger partial charge on any atom is 0.125 e. The predicted molar refractivity (Wildman–Crippen MR) is 211 cm³/mol. The molecule has 11 aromatic rings. The largest absolute Gasteiger partial charge is 0.236 e. The number of rotatable bonds is 4. The number of hydrogen-bond acceptors (Lipinski definition) is 6. The topological polar surface area (TPSA) is 38.7 Å². The average Bonchev–Trinajstić information content (AvgIpc) is 3.90. The second-order valence-electron chi connectivity index (χ2n) is 12.4. The molecule has 11 rings (SSSR count). The van der Waals surface area contributed by atoms with Crippen molar-refractivity contribution >= 4 is 97.0 Å². The molecule has 49 heavy (non-hydrogen) atoms. The monoisotopic (exact) mass is 677 g/mol. The summed E-state index contributed by atoms with van der Waals surface area (Å²) in [6.45, 7) is 0. The summed E-state index contributed by atoms with van der Waals surface area (Å²) < 4.78 is 3.59. The Bertz CT molecular complexity index is 2880. The van der Waals surface area contributed by atoms with Gasteiger partial charge in [-0.15, -0.1) is 34.0 Å². The van der Waals surface area contributed by atoms with E-state index in [4.69, 9.17) is 15.0 Å². The SMILES string of the molecule is c1ccc2sc(-c3cc(-c4nc5ccccc5s4)cc(-c4ccc5ccc6c(-c7nc8ccccc8s7)ccc7ccc4c5c76)c3)nc2c1. The number of fused-ring (bicyclic) bond motifs is 3. The van der Waals surface area contributed by atoms with Crippen molar-refractivity contribution in [2.75, 3.05) is 0 Å². The van der Waals surface area contributed by atoms with Gasteiger partial charge in [0.05, 0.1) is 30.6 Å².